The first-order valence-corrected chi connectivity index (χ1v) is 4.17. The second-order valence-electron chi connectivity index (χ2n) is 2.94. The van der Waals surface area contributed by atoms with Gasteiger partial charge in [-0.05, 0) is 31.5 Å². The molecule has 12 heavy (non-hydrogen) atoms. The lowest BCUT2D eigenvalue weighted by Crippen LogP contribution is -1.76. The monoisotopic (exact) mass is 180 g/mol. The Hall–Kier alpha value is -1.02. The van der Waals surface area contributed by atoms with Crippen LogP contribution in [0.25, 0.3) is 11.0 Å². The number of fused-ring (bicyclic) bond motifs is 1. The van der Waals surface area contributed by atoms with Gasteiger partial charge in [-0.3, -0.25) is 0 Å². The predicted molar refractivity (Wildman–Crippen MR) is 50.6 cm³/mol. The highest BCUT2D eigenvalue weighted by atomic mass is 35.5. The minimum Gasteiger partial charge on any atom is -0.342 e. The number of imidazole rings is 1. The molecular weight excluding hydrogens is 172 g/mol. The van der Waals surface area contributed by atoms with Crippen molar-refractivity contribution in [1.29, 1.82) is 0 Å². The van der Waals surface area contributed by atoms with E-state index in [1.54, 1.807) is 0 Å². The number of nitrogens with zero attached hydrogens (tertiary/aromatic N) is 1. The van der Waals surface area contributed by atoms with Crippen LogP contribution in [0.1, 0.15) is 11.4 Å². The molecule has 0 spiro atoms. The number of aromatic amines is 1. The Morgan fingerprint density at radius 1 is 1.33 bits per heavy atom. The van der Waals surface area contributed by atoms with E-state index in [2.05, 4.69) is 9.97 Å². The van der Waals surface area contributed by atoms with Gasteiger partial charge < -0.3 is 4.98 Å². The number of benzene rings is 1. The molecule has 0 bridgehead atoms. The van der Waals surface area contributed by atoms with Crippen molar-refractivity contribution in [2.45, 2.75) is 13.8 Å². The second kappa shape index (κ2) is 2.49. The van der Waals surface area contributed by atoms with Crippen LogP contribution in [0.15, 0.2) is 12.1 Å². The Kier molecular flexibility index (Phi) is 1.58. The Labute approximate surface area is 75.6 Å². The molecule has 2 nitrogen and oxygen atoms in total. The third-order valence-corrected chi connectivity index (χ3v) is 2.08. The molecule has 0 fully saturated rings. The average molecular weight is 181 g/mol. The number of nitrogens with one attached hydrogen (secondary N) is 1. The van der Waals surface area contributed by atoms with Crippen LogP contribution in [0.4, 0.5) is 0 Å². The Morgan fingerprint density at radius 2 is 2.08 bits per heavy atom. The van der Waals surface area contributed by atoms with Crippen molar-refractivity contribution in [1.82, 2.24) is 9.97 Å². The van der Waals surface area contributed by atoms with Crippen molar-refractivity contribution in [2.24, 2.45) is 0 Å². The van der Waals surface area contributed by atoms with Crippen LogP contribution in [0, 0.1) is 13.8 Å². The molecule has 2 aromatic rings. The fraction of sp³-hybridized carbons (Fsp3) is 0.222. The first-order chi connectivity index (χ1) is 5.66. The first kappa shape index (κ1) is 7.62. The molecule has 2 rings (SSSR count). The van der Waals surface area contributed by atoms with Gasteiger partial charge in [-0.15, -0.1) is 0 Å². The summed E-state index contributed by atoms with van der Waals surface area (Å²) in [6, 6.07) is 3.81. The van der Waals surface area contributed by atoms with E-state index in [9.17, 15) is 0 Å². The van der Waals surface area contributed by atoms with Gasteiger partial charge in [0.1, 0.15) is 5.82 Å². The van der Waals surface area contributed by atoms with Crippen LogP contribution >= 0.6 is 11.6 Å². The molecule has 0 aliphatic heterocycles. The van der Waals surface area contributed by atoms with Crippen molar-refractivity contribution < 1.29 is 0 Å². The highest BCUT2D eigenvalue weighted by Crippen LogP contribution is 2.21. The Bertz CT molecular complexity index is 431. The molecule has 3 heteroatoms. The van der Waals surface area contributed by atoms with Crippen molar-refractivity contribution in [3.63, 3.8) is 0 Å². The van der Waals surface area contributed by atoms with Crippen LogP contribution < -0.4 is 0 Å². The van der Waals surface area contributed by atoms with Crippen molar-refractivity contribution in [3.8, 4) is 0 Å². The number of aryl methyl sites for hydroxylation is 2. The van der Waals surface area contributed by atoms with Crippen LogP contribution in [0.2, 0.25) is 5.02 Å². The molecule has 0 aliphatic rings. The van der Waals surface area contributed by atoms with Gasteiger partial charge in [0.2, 0.25) is 0 Å². The summed E-state index contributed by atoms with van der Waals surface area (Å²) >= 11 is 5.89. The lowest BCUT2D eigenvalue weighted by Gasteiger charge is -1.94. The summed E-state index contributed by atoms with van der Waals surface area (Å²) < 4.78 is 0. The van der Waals surface area contributed by atoms with Gasteiger partial charge in [0.15, 0.2) is 0 Å². The maximum atomic E-state index is 5.89. The molecule has 0 saturated heterocycles. The normalized spacial score (nSPS) is 10.9. The quantitative estimate of drug-likeness (QED) is 0.664. The van der Waals surface area contributed by atoms with Crippen LogP contribution in [-0.2, 0) is 0 Å². The molecule has 1 N–H and O–H groups in total. The van der Waals surface area contributed by atoms with E-state index in [0.29, 0.717) is 0 Å². The van der Waals surface area contributed by atoms with E-state index in [4.69, 9.17) is 11.6 Å². The van der Waals surface area contributed by atoms with Gasteiger partial charge in [0.05, 0.1) is 11.0 Å². The minimum absolute atomic E-state index is 0.753. The third kappa shape index (κ3) is 1.08. The van der Waals surface area contributed by atoms with Crippen molar-refractivity contribution in [2.75, 3.05) is 0 Å². The van der Waals surface area contributed by atoms with Crippen molar-refractivity contribution >= 4 is 22.6 Å². The number of hydrogen-bond acceptors (Lipinski definition) is 1. The van der Waals surface area contributed by atoms with Gasteiger partial charge in [-0.25, -0.2) is 4.98 Å². The van der Waals surface area contributed by atoms with Crippen molar-refractivity contribution in [3.05, 3.63) is 28.5 Å². The topological polar surface area (TPSA) is 28.7 Å². The number of hydrogen-bond donors (Lipinski definition) is 1. The zero-order chi connectivity index (χ0) is 8.72. The fourth-order valence-electron chi connectivity index (χ4n) is 1.37. The second-order valence-corrected chi connectivity index (χ2v) is 3.38. The van der Waals surface area contributed by atoms with Gasteiger partial charge in [0.25, 0.3) is 0 Å². The molecule has 0 radical (unpaired) electrons. The molecule has 0 amide bonds. The van der Waals surface area contributed by atoms with Gasteiger partial charge in [-0.2, -0.15) is 0 Å². The molecule has 0 atom stereocenters. The van der Waals surface area contributed by atoms with Gasteiger partial charge in [0, 0.05) is 5.02 Å². The lowest BCUT2D eigenvalue weighted by atomic mass is 10.2. The fourth-order valence-corrected chi connectivity index (χ4v) is 1.64. The SMILES string of the molecule is Cc1nc2c(C)cc(Cl)cc2[nH]1. The van der Waals surface area contributed by atoms with Crippen LogP contribution in [0.3, 0.4) is 0 Å². The molecule has 1 aromatic carbocycles. The van der Waals surface area contributed by atoms with E-state index >= 15 is 0 Å². The molecule has 1 heterocycles. The zero-order valence-corrected chi connectivity index (χ0v) is 7.74. The summed E-state index contributed by atoms with van der Waals surface area (Å²) in [4.78, 5) is 7.48. The first-order valence-electron chi connectivity index (χ1n) is 3.79. The van der Waals surface area contributed by atoms with Crippen LogP contribution in [0.5, 0.6) is 0 Å². The van der Waals surface area contributed by atoms with E-state index in [0.717, 1.165) is 27.4 Å². The molecule has 62 valence electrons. The number of halogens is 1. The summed E-state index contributed by atoms with van der Waals surface area (Å²) in [6.07, 6.45) is 0. The maximum absolute atomic E-state index is 5.89. The maximum Gasteiger partial charge on any atom is 0.104 e. The Balaban J connectivity index is 2.88. The smallest absolute Gasteiger partial charge is 0.104 e. The highest BCUT2D eigenvalue weighted by Gasteiger charge is 2.02. The lowest BCUT2D eigenvalue weighted by molar-refractivity contribution is 1.17. The van der Waals surface area contributed by atoms with Crippen LogP contribution in [-0.4, -0.2) is 9.97 Å². The zero-order valence-electron chi connectivity index (χ0n) is 6.98. The summed E-state index contributed by atoms with van der Waals surface area (Å²) in [6.45, 7) is 3.95. The average Bonchev–Trinajstić information content (AvgIpc) is 2.29. The van der Waals surface area contributed by atoms with E-state index in [-0.39, 0.29) is 0 Å². The van der Waals surface area contributed by atoms with E-state index in [1.165, 1.54) is 0 Å². The predicted octanol–water partition coefficient (Wildman–Crippen LogP) is 2.83. The number of aromatic nitrogens is 2. The summed E-state index contributed by atoms with van der Waals surface area (Å²) in [5.41, 5.74) is 3.14. The number of H-pyrrole nitrogens is 1. The third-order valence-electron chi connectivity index (χ3n) is 1.86. The molecule has 0 saturated carbocycles. The summed E-state index contributed by atoms with van der Waals surface area (Å²) in [5, 5.41) is 0.753. The summed E-state index contributed by atoms with van der Waals surface area (Å²) in [5.74, 6) is 0.926. The molecule has 0 aliphatic carbocycles. The van der Waals surface area contributed by atoms with Gasteiger partial charge in [-0.1, -0.05) is 11.6 Å². The molecule has 1 aromatic heterocycles. The van der Waals surface area contributed by atoms with E-state index in [1.807, 2.05) is 26.0 Å². The minimum atomic E-state index is 0.753. The standard InChI is InChI=1S/C9H9ClN2/c1-5-3-7(10)4-8-9(5)12-6(2)11-8/h3-4H,1-2H3,(H,11,12). The summed E-state index contributed by atoms with van der Waals surface area (Å²) in [7, 11) is 0. The highest BCUT2D eigenvalue weighted by molar-refractivity contribution is 6.31. The largest absolute Gasteiger partial charge is 0.342 e. The Morgan fingerprint density at radius 3 is 2.83 bits per heavy atom. The van der Waals surface area contributed by atoms with Gasteiger partial charge >= 0.3 is 0 Å². The molecular formula is C9H9ClN2. The number of rotatable bonds is 0. The van der Waals surface area contributed by atoms with E-state index < -0.39 is 0 Å². The molecule has 0 unspecified atom stereocenters.